The van der Waals surface area contributed by atoms with E-state index in [-0.39, 0.29) is 0 Å². The number of nitrogens with zero attached hydrogens (tertiary/aromatic N) is 1. The SMILES string of the molecule is IC1=c2[nH]ccc2=NC1. The molecule has 46 valence electrons. The van der Waals surface area contributed by atoms with E-state index < -0.39 is 0 Å². The Labute approximate surface area is 65.8 Å². The maximum absolute atomic E-state index is 4.26. The van der Waals surface area contributed by atoms with Crippen molar-refractivity contribution in [1.82, 2.24) is 4.98 Å². The van der Waals surface area contributed by atoms with Crippen LogP contribution in [0.4, 0.5) is 0 Å². The summed E-state index contributed by atoms with van der Waals surface area (Å²) in [5, 5.41) is 2.31. The van der Waals surface area contributed by atoms with Crippen LogP contribution in [0.2, 0.25) is 0 Å². The maximum Gasteiger partial charge on any atom is 0.0836 e. The van der Waals surface area contributed by atoms with Crippen LogP contribution >= 0.6 is 22.6 Å². The van der Waals surface area contributed by atoms with Crippen LogP contribution in [0, 0.1) is 0 Å². The van der Waals surface area contributed by atoms with Crippen LogP contribution in [0.5, 0.6) is 0 Å². The summed E-state index contributed by atoms with van der Waals surface area (Å²) in [6.45, 7) is 0.864. The lowest BCUT2D eigenvalue weighted by Crippen LogP contribution is -2.18. The van der Waals surface area contributed by atoms with E-state index >= 15 is 0 Å². The highest BCUT2D eigenvalue weighted by Gasteiger charge is 2.01. The Morgan fingerprint density at radius 3 is 3.33 bits per heavy atom. The van der Waals surface area contributed by atoms with E-state index in [9.17, 15) is 0 Å². The highest BCUT2D eigenvalue weighted by atomic mass is 127. The van der Waals surface area contributed by atoms with E-state index in [2.05, 4.69) is 32.6 Å². The second-order valence-corrected chi connectivity index (χ2v) is 3.26. The maximum atomic E-state index is 4.26. The van der Waals surface area contributed by atoms with Crippen LogP contribution in [-0.4, -0.2) is 11.5 Å². The Kier molecular flexibility index (Phi) is 1.11. The Bertz CT molecular complexity index is 336. The zero-order chi connectivity index (χ0) is 6.27. The summed E-state index contributed by atoms with van der Waals surface area (Å²) in [5.74, 6) is 0. The molecule has 2 rings (SSSR count). The molecule has 0 radical (unpaired) electrons. The van der Waals surface area contributed by atoms with Gasteiger partial charge in [0.15, 0.2) is 0 Å². The molecule has 0 bridgehead atoms. The second kappa shape index (κ2) is 1.83. The highest BCUT2D eigenvalue weighted by molar-refractivity contribution is 14.1. The van der Waals surface area contributed by atoms with Gasteiger partial charge in [0.25, 0.3) is 0 Å². The molecule has 0 amide bonds. The Morgan fingerprint density at radius 1 is 1.67 bits per heavy atom. The van der Waals surface area contributed by atoms with E-state index in [1.807, 2.05) is 12.3 Å². The molecule has 0 unspecified atom stereocenters. The van der Waals surface area contributed by atoms with Crippen molar-refractivity contribution in [2.75, 3.05) is 6.54 Å². The number of hydrogen-bond donors (Lipinski definition) is 1. The molecule has 0 fully saturated rings. The van der Waals surface area contributed by atoms with Gasteiger partial charge < -0.3 is 4.98 Å². The quantitative estimate of drug-likeness (QED) is 0.618. The van der Waals surface area contributed by atoms with Gasteiger partial charge in [-0.3, -0.25) is 4.99 Å². The van der Waals surface area contributed by atoms with Crippen LogP contribution in [0.15, 0.2) is 17.3 Å². The van der Waals surface area contributed by atoms with Gasteiger partial charge in [0.05, 0.1) is 17.3 Å². The lowest BCUT2D eigenvalue weighted by Gasteiger charge is -1.79. The smallest absolute Gasteiger partial charge is 0.0836 e. The second-order valence-electron chi connectivity index (χ2n) is 1.96. The summed E-state index contributed by atoms with van der Waals surface area (Å²) in [5.41, 5.74) is 0. The zero-order valence-electron chi connectivity index (χ0n) is 4.69. The summed E-state index contributed by atoms with van der Waals surface area (Å²) < 4.78 is 1.31. The Hall–Kier alpha value is -0.320. The van der Waals surface area contributed by atoms with E-state index in [0.29, 0.717) is 0 Å². The number of H-pyrrole nitrogens is 1. The Balaban J connectivity index is 3.02. The molecule has 1 aromatic rings. The first kappa shape index (κ1) is 5.46. The molecule has 3 heteroatoms. The number of fused-ring (bicyclic) bond motifs is 1. The van der Waals surface area contributed by atoms with Crippen molar-refractivity contribution in [2.45, 2.75) is 0 Å². The molecule has 0 saturated heterocycles. The van der Waals surface area contributed by atoms with Gasteiger partial charge in [0.1, 0.15) is 0 Å². The zero-order valence-corrected chi connectivity index (χ0v) is 6.84. The molecule has 0 aromatic carbocycles. The van der Waals surface area contributed by atoms with Gasteiger partial charge in [-0.25, -0.2) is 0 Å². The van der Waals surface area contributed by atoms with Crippen molar-refractivity contribution in [2.24, 2.45) is 4.99 Å². The molecule has 2 nitrogen and oxygen atoms in total. The van der Waals surface area contributed by atoms with Crippen LogP contribution in [0.3, 0.4) is 0 Å². The monoisotopic (exact) mass is 232 g/mol. The molecule has 9 heavy (non-hydrogen) atoms. The van der Waals surface area contributed by atoms with Gasteiger partial charge in [0, 0.05) is 9.78 Å². The minimum absolute atomic E-state index is 0.864. The van der Waals surface area contributed by atoms with Crippen LogP contribution < -0.4 is 10.7 Å². The summed E-state index contributed by atoms with van der Waals surface area (Å²) in [7, 11) is 0. The molecule has 1 aromatic heterocycles. The average Bonchev–Trinajstić information content (AvgIpc) is 2.35. The first-order valence-corrected chi connectivity index (χ1v) is 3.82. The lowest BCUT2D eigenvalue weighted by molar-refractivity contribution is 1.23. The molecule has 0 spiro atoms. The van der Waals surface area contributed by atoms with Gasteiger partial charge >= 0.3 is 0 Å². The predicted molar refractivity (Wildman–Crippen MR) is 43.9 cm³/mol. The summed E-state index contributed by atoms with van der Waals surface area (Å²) in [6, 6.07) is 2.00. The first-order chi connectivity index (χ1) is 4.38. The van der Waals surface area contributed by atoms with Crippen LogP contribution in [0.1, 0.15) is 0 Å². The van der Waals surface area contributed by atoms with Crippen molar-refractivity contribution in [3.05, 3.63) is 23.0 Å². The van der Waals surface area contributed by atoms with Gasteiger partial charge in [-0.1, -0.05) is 0 Å². The fourth-order valence-electron chi connectivity index (χ4n) is 0.944. The van der Waals surface area contributed by atoms with Gasteiger partial charge in [0.2, 0.25) is 0 Å². The first-order valence-electron chi connectivity index (χ1n) is 2.74. The van der Waals surface area contributed by atoms with Crippen molar-refractivity contribution < 1.29 is 0 Å². The number of hydrogen-bond acceptors (Lipinski definition) is 1. The topological polar surface area (TPSA) is 28.1 Å². The van der Waals surface area contributed by atoms with E-state index in [0.717, 1.165) is 11.9 Å². The molecule has 0 saturated carbocycles. The molecule has 1 N–H and O–H groups in total. The third-order valence-electron chi connectivity index (χ3n) is 1.38. The van der Waals surface area contributed by atoms with E-state index in [1.165, 1.54) is 8.93 Å². The van der Waals surface area contributed by atoms with Gasteiger partial charge in [-0.15, -0.1) is 0 Å². The van der Waals surface area contributed by atoms with E-state index in [4.69, 9.17) is 0 Å². The fourth-order valence-corrected chi connectivity index (χ4v) is 1.55. The van der Waals surface area contributed by atoms with Crippen molar-refractivity contribution in [1.29, 1.82) is 0 Å². The molecular formula is C6H5IN2. The van der Waals surface area contributed by atoms with Gasteiger partial charge in [-0.2, -0.15) is 0 Å². The summed E-state index contributed by atoms with van der Waals surface area (Å²) >= 11 is 2.31. The van der Waals surface area contributed by atoms with Crippen molar-refractivity contribution in [3.63, 3.8) is 0 Å². The molecule has 2 heterocycles. The largest absolute Gasteiger partial charge is 0.359 e. The highest BCUT2D eigenvalue weighted by Crippen LogP contribution is 2.05. The molecule has 1 aliphatic rings. The lowest BCUT2D eigenvalue weighted by atomic mass is 10.5. The standard InChI is InChI=1S/C6H5IN2/c7-4-3-9-5-1-2-8-6(4)5/h1-2,8H,3H2. The number of halogens is 1. The normalized spacial score (nSPS) is 15.4. The van der Waals surface area contributed by atoms with Crippen molar-refractivity contribution >= 4 is 26.2 Å². The fraction of sp³-hybridized carbons (Fsp3) is 0.167. The summed E-state index contributed by atoms with van der Waals surface area (Å²) in [6.07, 6.45) is 1.92. The molecule has 0 atom stereocenters. The third kappa shape index (κ3) is 0.710. The summed E-state index contributed by atoms with van der Waals surface area (Å²) in [4.78, 5) is 7.39. The predicted octanol–water partition coefficient (Wildman–Crippen LogP) is 0.191. The third-order valence-corrected chi connectivity index (χ3v) is 2.27. The molecule has 0 aliphatic carbocycles. The number of rotatable bonds is 0. The minimum atomic E-state index is 0.864. The number of nitrogens with one attached hydrogen (secondary N) is 1. The number of aromatic amines is 1. The molecular weight excluding hydrogens is 227 g/mol. The van der Waals surface area contributed by atoms with Gasteiger partial charge in [-0.05, 0) is 28.7 Å². The Morgan fingerprint density at radius 2 is 2.56 bits per heavy atom. The number of aromatic nitrogens is 1. The average molecular weight is 232 g/mol. The van der Waals surface area contributed by atoms with Crippen LogP contribution in [-0.2, 0) is 0 Å². The molecule has 1 aliphatic heterocycles. The van der Waals surface area contributed by atoms with Crippen molar-refractivity contribution in [3.8, 4) is 0 Å². The van der Waals surface area contributed by atoms with E-state index in [1.54, 1.807) is 0 Å². The minimum Gasteiger partial charge on any atom is -0.359 e. The van der Waals surface area contributed by atoms with Crippen LogP contribution in [0.25, 0.3) is 3.58 Å².